The van der Waals surface area contributed by atoms with Gasteiger partial charge in [-0.2, -0.15) is 0 Å². The molecule has 2 N–H and O–H groups in total. The van der Waals surface area contributed by atoms with Gasteiger partial charge in [-0.05, 0) is 44.3 Å². The molecule has 1 saturated carbocycles. The van der Waals surface area contributed by atoms with E-state index in [4.69, 9.17) is 0 Å². The third kappa shape index (κ3) is 2.81. The van der Waals surface area contributed by atoms with Crippen molar-refractivity contribution in [3.63, 3.8) is 0 Å². The van der Waals surface area contributed by atoms with Crippen LogP contribution in [0.4, 0.5) is 0 Å². The van der Waals surface area contributed by atoms with Crippen molar-refractivity contribution < 1.29 is 4.79 Å². The van der Waals surface area contributed by atoms with Crippen LogP contribution in [-0.2, 0) is 10.2 Å². The highest BCUT2D eigenvalue weighted by Gasteiger charge is 2.44. The Balaban J connectivity index is 1.56. The van der Waals surface area contributed by atoms with Gasteiger partial charge < -0.3 is 10.6 Å². The summed E-state index contributed by atoms with van der Waals surface area (Å²) in [5.74, 6) is 0.469. The number of hydrogen-bond acceptors (Lipinski definition) is 2. The third-order valence-corrected chi connectivity index (χ3v) is 4.55. The fourth-order valence-corrected chi connectivity index (χ4v) is 2.99. The maximum absolute atomic E-state index is 12.2. The molecule has 1 aromatic carbocycles. The molecule has 1 amide bonds. The number of amides is 1. The van der Waals surface area contributed by atoms with Gasteiger partial charge in [0.05, 0.1) is 0 Å². The number of benzene rings is 1. The fraction of sp³-hybridized carbons (Fsp3) is 0.562. The molecule has 0 spiro atoms. The third-order valence-electron chi connectivity index (χ3n) is 4.55. The molecule has 3 heteroatoms. The van der Waals surface area contributed by atoms with Crippen LogP contribution in [0.3, 0.4) is 0 Å². The van der Waals surface area contributed by atoms with E-state index >= 15 is 0 Å². The maximum atomic E-state index is 12.2. The minimum Gasteiger partial charge on any atom is -0.355 e. The minimum absolute atomic E-state index is 0.216. The van der Waals surface area contributed by atoms with Crippen LogP contribution >= 0.6 is 0 Å². The number of hydrogen-bond donors (Lipinski definition) is 2. The Morgan fingerprint density at radius 2 is 1.89 bits per heavy atom. The second-order valence-electron chi connectivity index (χ2n) is 5.89. The molecule has 1 aromatic rings. The number of piperidine rings is 1. The minimum atomic E-state index is 0.216. The van der Waals surface area contributed by atoms with E-state index in [9.17, 15) is 4.79 Å². The first kappa shape index (κ1) is 12.7. The van der Waals surface area contributed by atoms with Crippen molar-refractivity contribution in [1.82, 2.24) is 10.6 Å². The quantitative estimate of drug-likeness (QED) is 0.865. The van der Waals surface area contributed by atoms with Crippen LogP contribution in [0.5, 0.6) is 0 Å². The summed E-state index contributed by atoms with van der Waals surface area (Å²) >= 11 is 0. The average Bonchev–Trinajstić information content (AvgIpc) is 3.28. The van der Waals surface area contributed by atoms with Gasteiger partial charge in [-0.1, -0.05) is 30.3 Å². The first-order chi connectivity index (χ1) is 9.30. The Labute approximate surface area is 114 Å². The molecule has 2 fully saturated rings. The van der Waals surface area contributed by atoms with Gasteiger partial charge >= 0.3 is 0 Å². The molecule has 3 rings (SSSR count). The predicted octanol–water partition coefficient (Wildman–Crippen LogP) is 1.83. The highest BCUT2D eigenvalue weighted by Crippen LogP contribution is 2.47. The summed E-state index contributed by atoms with van der Waals surface area (Å²) in [6.45, 7) is 2.75. The number of carbonyl (C=O) groups is 1. The van der Waals surface area contributed by atoms with E-state index < -0.39 is 0 Å². The zero-order valence-electron chi connectivity index (χ0n) is 11.3. The molecule has 102 valence electrons. The van der Waals surface area contributed by atoms with Crippen LogP contribution in [0.15, 0.2) is 30.3 Å². The smallest absolute Gasteiger partial charge is 0.223 e. The van der Waals surface area contributed by atoms with Gasteiger partial charge in [0, 0.05) is 17.9 Å². The van der Waals surface area contributed by atoms with Gasteiger partial charge in [-0.25, -0.2) is 0 Å². The van der Waals surface area contributed by atoms with Gasteiger partial charge in [0.15, 0.2) is 0 Å². The van der Waals surface area contributed by atoms with E-state index in [0.717, 1.165) is 32.5 Å². The van der Waals surface area contributed by atoms with Gasteiger partial charge in [-0.3, -0.25) is 4.79 Å². The van der Waals surface area contributed by atoms with Crippen molar-refractivity contribution >= 4 is 5.91 Å². The molecular formula is C16H22N2O. The van der Waals surface area contributed by atoms with Crippen LogP contribution in [0.25, 0.3) is 0 Å². The van der Waals surface area contributed by atoms with Gasteiger partial charge in [-0.15, -0.1) is 0 Å². The van der Waals surface area contributed by atoms with E-state index in [-0.39, 0.29) is 17.2 Å². The second kappa shape index (κ2) is 5.33. The molecule has 3 nitrogen and oxygen atoms in total. The zero-order chi connectivity index (χ0) is 13.1. The van der Waals surface area contributed by atoms with Crippen molar-refractivity contribution in [3.05, 3.63) is 35.9 Å². The summed E-state index contributed by atoms with van der Waals surface area (Å²) in [4.78, 5) is 12.2. The highest BCUT2D eigenvalue weighted by molar-refractivity contribution is 5.79. The lowest BCUT2D eigenvalue weighted by Crippen LogP contribution is -2.40. The van der Waals surface area contributed by atoms with E-state index in [2.05, 4.69) is 34.9 Å². The standard InChI is InChI=1S/C16H22N2O/c19-15(13-6-10-17-11-7-13)18-12-16(8-9-16)14-4-2-1-3-5-14/h1-5,13,17H,6-12H2,(H,18,19). The Morgan fingerprint density at radius 1 is 1.21 bits per heavy atom. The first-order valence-corrected chi connectivity index (χ1v) is 7.34. The molecule has 0 bridgehead atoms. The fourth-order valence-electron chi connectivity index (χ4n) is 2.99. The first-order valence-electron chi connectivity index (χ1n) is 7.34. The molecule has 2 aliphatic rings. The molecular weight excluding hydrogens is 236 g/mol. The summed E-state index contributed by atoms with van der Waals surface area (Å²) in [5.41, 5.74) is 1.60. The van der Waals surface area contributed by atoms with E-state index in [1.807, 2.05) is 6.07 Å². The van der Waals surface area contributed by atoms with Gasteiger partial charge in [0.25, 0.3) is 0 Å². The summed E-state index contributed by atoms with van der Waals surface area (Å²) in [6.07, 6.45) is 4.35. The Hall–Kier alpha value is -1.35. The number of rotatable bonds is 4. The molecule has 1 saturated heterocycles. The van der Waals surface area contributed by atoms with Gasteiger partial charge in [0.1, 0.15) is 0 Å². The van der Waals surface area contributed by atoms with Crippen LogP contribution < -0.4 is 10.6 Å². The monoisotopic (exact) mass is 258 g/mol. The molecule has 19 heavy (non-hydrogen) atoms. The van der Waals surface area contributed by atoms with Crippen LogP contribution in [0.2, 0.25) is 0 Å². The van der Waals surface area contributed by atoms with Crippen molar-refractivity contribution in [2.75, 3.05) is 19.6 Å². The topological polar surface area (TPSA) is 41.1 Å². The Morgan fingerprint density at radius 3 is 2.53 bits per heavy atom. The largest absolute Gasteiger partial charge is 0.355 e. The lowest BCUT2D eigenvalue weighted by atomic mass is 9.94. The van der Waals surface area contributed by atoms with Gasteiger partial charge in [0.2, 0.25) is 5.91 Å². The molecule has 1 aliphatic carbocycles. The molecule has 0 aromatic heterocycles. The van der Waals surface area contributed by atoms with E-state index in [0.29, 0.717) is 0 Å². The summed E-state index contributed by atoms with van der Waals surface area (Å²) in [6, 6.07) is 10.6. The van der Waals surface area contributed by atoms with E-state index in [1.165, 1.54) is 18.4 Å². The lowest BCUT2D eigenvalue weighted by Gasteiger charge is -2.23. The molecule has 0 radical (unpaired) electrons. The van der Waals surface area contributed by atoms with E-state index in [1.54, 1.807) is 0 Å². The van der Waals surface area contributed by atoms with Crippen molar-refractivity contribution in [2.45, 2.75) is 31.1 Å². The zero-order valence-corrected chi connectivity index (χ0v) is 11.3. The average molecular weight is 258 g/mol. The second-order valence-corrected chi connectivity index (χ2v) is 5.89. The highest BCUT2D eigenvalue weighted by atomic mass is 16.1. The van der Waals surface area contributed by atoms with Crippen LogP contribution in [0, 0.1) is 5.92 Å². The van der Waals surface area contributed by atoms with Crippen molar-refractivity contribution in [3.8, 4) is 0 Å². The summed E-state index contributed by atoms with van der Waals surface area (Å²) in [5, 5.41) is 6.49. The number of carbonyl (C=O) groups excluding carboxylic acids is 1. The normalized spacial score (nSPS) is 21.9. The SMILES string of the molecule is O=C(NCC1(c2ccccc2)CC1)C1CCNCC1. The van der Waals surface area contributed by atoms with Crippen molar-refractivity contribution in [1.29, 1.82) is 0 Å². The summed E-state index contributed by atoms with van der Waals surface area (Å²) < 4.78 is 0. The molecule has 1 aliphatic heterocycles. The summed E-state index contributed by atoms with van der Waals surface area (Å²) in [7, 11) is 0. The number of nitrogens with one attached hydrogen (secondary N) is 2. The molecule has 0 unspecified atom stereocenters. The Bertz CT molecular complexity index is 433. The Kier molecular flexibility index (Phi) is 3.56. The molecule has 0 atom stereocenters. The van der Waals surface area contributed by atoms with Crippen molar-refractivity contribution in [2.24, 2.45) is 5.92 Å². The van der Waals surface area contributed by atoms with Crippen LogP contribution in [-0.4, -0.2) is 25.5 Å². The van der Waals surface area contributed by atoms with Crippen LogP contribution in [0.1, 0.15) is 31.2 Å². The lowest BCUT2D eigenvalue weighted by molar-refractivity contribution is -0.125. The molecule has 1 heterocycles. The predicted molar refractivity (Wildman–Crippen MR) is 76.0 cm³/mol. The maximum Gasteiger partial charge on any atom is 0.223 e.